The van der Waals surface area contributed by atoms with Gasteiger partial charge in [0.05, 0.1) is 18.8 Å². The number of rotatable bonds is 5. The third kappa shape index (κ3) is 3.44. The summed E-state index contributed by atoms with van der Waals surface area (Å²) in [5.74, 6) is 0.971. The van der Waals surface area contributed by atoms with Crippen LogP contribution in [0.1, 0.15) is 6.92 Å². The molecule has 6 heteroatoms. The molecule has 2 aliphatic heterocycles. The number of hydrogen-bond donors (Lipinski definition) is 1. The molecule has 1 aromatic rings. The van der Waals surface area contributed by atoms with Crippen LogP contribution in [0.15, 0.2) is 29.3 Å². The van der Waals surface area contributed by atoms with Crippen molar-refractivity contribution in [2.24, 2.45) is 10.7 Å². The fourth-order valence-electron chi connectivity index (χ4n) is 2.99. The van der Waals surface area contributed by atoms with Crippen molar-refractivity contribution in [1.82, 2.24) is 4.90 Å². The average Bonchev–Trinajstić information content (AvgIpc) is 2.94. The van der Waals surface area contributed by atoms with E-state index >= 15 is 0 Å². The predicted molar refractivity (Wildman–Crippen MR) is 87.6 cm³/mol. The van der Waals surface area contributed by atoms with Gasteiger partial charge in [0.1, 0.15) is 11.9 Å². The lowest BCUT2D eigenvalue weighted by atomic mass is 10.2. The molecule has 1 fully saturated rings. The minimum absolute atomic E-state index is 0.113. The summed E-state index contributed by atoms with van der Waals surface area (Å²) in [6, 6.07) is 8.59. The van der Waals surface area contributed by atoms with Crippen LogP contribution in [0.2, 0.25) is 0 Å². The Bertz CT molecular complexity index is 527. The van der Waals surface area contributed by atoms with Gasteiger partial charge in [-0.05, 0) is 19.1 Å². The quantitative estimate of drug-likeness (QED) is 0.876. The largest absolute Gasteiger partial charge is 0.492 e. The highest BCUT2D eigenvalue weighted by Gasteiger charge is 2.24. The molecule has 2 heterocycles. The highest BCUT2D eigenvalue weighted by Crippen LogP contribution is 2.28. The molecule has 0 aromatic heterocycles. The number of hydrogen-bond acceptors (Lipinski definition) is 6. The van der Waals surface area contributed by atoms with Gasteiger partial charge in [-0.2, -0.15) is 0 Å². The molecule has 2 aliphatic rings. The summed E-state index contributed by atoms with van der Waals surface area (Å²) in [5.41, 5.74) is 6.75. The van der Waals surface area contributed by atoms with Gasteiger partial charge in [-0.1, -0.05) is 12.1 Å². The lowest BCUT2D eigenvalue weighted by Gasteiger charge is -2.37. The second kappa shape index (κ2) is 6.87. The monoisotopic (exact) mass is 304 g/mol. The van der Waals surface area contributed by atoms with E-state index < -0.39 is 0 Å². The smallest absolute Gasteiger partial charge is 0.282 e. The number of ether oxygens (including phenoxy) is 2. The zero-order chi connectivity index (χ0) is 15.4. The Morgan fingerprint density at radius 2 is 2.05 bits per heavy atom. The van der Waals surface area contributed by atoms with Gasteiger partial charge in [-0.3, -0.25) is 4.90 Å². The molecule has 3 rings (SSSR count). The summed E-state index contributed by atoms with van der Waals surface area (Å²) < 4.78 is 11.2. The van der Waals surface area contributed by atoms with E-state index in [1.165, 1.54) is 5.69 Å². The Kier molecular flexibility index (Phi) is 4.68. The van der Waals surface area contributed by atoms with Gasteiger partial charge in [-0.25, -0.2) is 4.99 Å². The molecule has 0 aliphatic carbocycles. The molecule has 0 spiro atoms. The number of aliphatic imine (C=N–C) groups is 1. The fourth-order valence-corrected chi connectivity index (χ4v) is 2.99. The molecule has 0 bridgehead atoms. The zero-order valence-electron chi connectivity index (χ0n) is 13.1. The highest BCUT2D eigenvalue weighted by atomic mass is 16.5. The first-order chi connectivity index (χ1) is 10.8. The molecule has 1 saturated heterocycles. The standard InChI is InChI=1S/C16H24N4O2/c1-2-21-15-6-4-3-5-14(15)20-9-7-19(8-10-20)12-13-11-18-16(17)22-13/h3-6,13H,2,7-12H2,1H3,(H2,17,18). The van der Waals surface area contributed by atoms with Crippen LogP contribution in [0.4, 0.5) is 5.69 Å². The maximum Gasteiger partial charge on any atom is 0.282 e. The maximum atomic E-state index is 5.73. The molecule has 22 heavy (non-hydrogen) atoms. The SMILES string of the molecule is CCOc1ccccc1N1CCN(CC2CN=C(N)O2)CC1. The summed E-state index contributed by atoms with van der Waals surface area (Å²) in [7, 11) is 0. The lowest BCUT2D eigenvalue weighted by Crippen LogP contribution is -2.49. The molecule has 1 aromatic carbocycles. The van der Waals surface area contributed by atoms with Crippen LogP contribution in [-0.2, 0) is 4.74 Å². The summed E-state index contributed by atoms with van der Waals surface area (Å²) in [4.78, 5) is 8.90. The van der Waals surface area contributed by atoms with Crippen LogP contribution in [0.5, 0.6) is 5.75 Å². The summed E-state index contributed by atoms with van der Waals surface area (Å²) in [5, 5.41) is 0. The van der Waals surface area contributed by atoms with E-state index in [4.69, 9.17) is 15.2 Å². The van der Waals surface area contributed by atoms with E-state index in [1.807, 2.05) is 19.1 Å². The second-order valence-corrected chi connectivity index (χ2v) is 5.61. The third-order valence-electron chi connectivity index (χ3n) is 4.08. The van der Waals surface area contributed by atoms with E-state index in [9.17, 15) is 0 Å². The third-order valence-corrected chi connectivity index (χ3v) is 4.08. The van der Waals surface area contributed by atoms with Gasteiger partial charge in [-0.15, -0.1) is 0 Å². The Labute approximate surface area is 131 Å². The first-order valence-corrected chi connectivity index (χ1v) is 7.92. The van der Waals surface area contributed by atoms with Crippen molar-refractivity contribution in [3.63, 3.8) is 0 Å². The van der Waals surface area contributed by atoms with E-state index in [1.54, 1.807) is 0 Å². The van der Waals surface area contributed by atoms with E-state index in [0.29, 0.717) is 19.2 Å². The molecular weight excluding hydrogens is 280 g/mol. The minimum atomic E-state index is 0.113. The Morgan fingerprint density at radius 3 is 2.73 bits per heavy atom. The Balaban J connectivity index is 1.53. The Hall–Kier alpha value is -1.95. The summed E-state index contributed by atoms with van der Waals surface area (Å²) >= 11 is 0. The van der Waals surface area contributed by atoms with Crippen LogP contribution in [0.3, 0.4) is 0 Å². The van der Waals surface area contributed by atoms with Crippen molar-refractivity contribution in [2.75, 3.05) is 50.8 Å². The molecule has 0 radical (unpaired) electrons. The van der Waals surface area contributed by atoms with E-state index in [2.05, 4.69) is 26.9 Å². The highest BCUT2D eigenvalue weighted by molar-refractivity contribution is 5.73. The predicted octanol–water partition coefficient (Wildman–Crippen LogP) is 0.921. The Morgan fingerprint density at radius 1 is 1.27 bits per heavy atom. The topological polar surface area (TPSA) is 63.3 Å². The number of anilines is 1. The molecule has 120 valence electrons. The normalized spacial score (nSPS) is 22.3. The van der Waals surface area contributed by atoms with Crippen molar-refractivity contribution < 1.29 is 9.47 Å². The average molecular weight is 304 g/mol. The van der Waals surface area contributed by atoms with Gasteiger partial charge in [0, 0.05) is 32.7 Å². The number of nitrogens with zero attached hydrogens (tertiary/aromatic N) is 3. The van der Waals surface area contributed by atoms with Crippen molar-refractivity contribution in [1.29, 1.82) is 0 Å². The number of benzene rings is 1. The number of amidine groups is 1. The second-order valence-electron chi connectivity index (χ2n) is 5.61. The molecular formula is C16H24N4O2. The van der Waals surface area contributed by atoms with Crippen molar-refractivity contribution in [2.45, 2.75) is 13.0 Å². The molecule has 0 amide bonds. The zero-order valence-corrected chi connectivity index (χ0v) is 13.1. The summed E-state index contributed by atoms with van der Waals surface area (Å²) in [6.07, 6.45) is 0.113. The fraction of sp³-hybridized carbons (Fsp3) is 0.562. The number of nitrogens with two attached hydrogens (primary N) is 1. The van der Waals surface area contributed by atoms with Crippen molar-refractivity contribution in [3.05, 3.63) is 24.3 Å². The van der Waals surface area contributed by atoms with Gasteiger partial charge in [0.2, 0.25) is 0 Å². The van der Waals surface area contributed by atoms with E-state index in [0.717, 1.165) is 38.5 Å². The minimum Gasteiger partial charge on any atom is -0.492 e. The number of para-hydroxylation sites is 2. The van der Waals surface area contributed by atoms with Gasteiger partial charge < -0.3 is 20.1 Å². The van der Waals surface area contributed by atoms with Gasteiger partial charge in [0.15, 0.2) is 0 Å². The summed E-state index contributed by atoms with van der Waals surface area (Å²) in [6.45, 7) is 8.30. The lowest BCUT2D eigenvalue weighted by molar-refractivity contribution is 0.139. The molecule has 6 nitrogen and oxygen atoms in total. The maximum absolute atomic E-state index is 5.73. The van der Waals surface area contributed by atoms with Crippen molar-refractivity contribution >= 4 is 11.7 Å². The van der Waals surface area contributed by atoms with Crippen LogP contribution < -0.4 is 15.4 Å². The first kappa shape index (κ1) is 15.0. The van der Waals surface area contributed by atoms with Gasteiger partial charge >= 0.3 is 0 Å². The molecule has 1 unspecified atom stereocenters. The molecule has 2 N–H and O–H groups in total. The molecule has 0 saturated carbocycles. The van der Waals surface area contributed by atoms with Crippen LogP contribution in [0, 0.1) is 0 Å². The van der Waals surface area contributed by atoms with Crippen LogP contribution in [0.25, 0.3) is 0 Å². The number of piperazine rings is 1. The van der Waals surface area contributed by atoms with Crippen LogP contribution in [-0.4, -0.2) is 62.9 Å². The van der Waals surface area contributed by atoms with Crippen LogP contribution >= 0.6 is 0 Å². The van der Waals surface area contributed by atoms with Gasteiger partial charge in [0.25, 0.3) is 6.02 Å². The van der Waals surface area contributed by atoms with E-state index in [-0.39, 0.29) is 6.10 Å². The molecule has 1 atom stereocenters. The van der Waals surface area contributed by atoms with Crippen molar-refractivity contribution in [3.8, 4) is 5.75 Å². The first-order valence-electron chi connectivity index (χ1n) is 7.92.